The number of halogens is 2. The molecule has 3 aromatic carbocycles. The summed E-state index contributed by atoms with van der Waals surface area (Å²) in [6.45, 7) is 0.267. The van der Waals surface area contributed by atoms with Gasteiger partial charge in [-0.15, -0.1) is 0 Å². The van der Waals surface area contributed by atoms with Crippen molar-refractivity contribution in [1.82, 2.24) is 10.2 Å². The van der Waals surface area contributed by atoms with Crippen LogP contribution in [0.4, 0.5) is 4.79 Å². The molecule has 0 aromatic heterocycles. The van der Waals surface area contributed by atoms with E-state index in [9.17, 15) is 14.4 Å². The van der Waals surface area contributed by atoms with E-state index in [0.717, 1.165) is 16.7 Å². The highest BCUT2D eigenvalue weighted by molar-refractivity contribution is 6.36. The molecule has 4 rings (SSSR count). The molecule has 3 aromatic rings. The van der Waals surface area contributed by atoms with E-state index in [2.05, 4.69) is 5.32 Å². The van der Waals surface area contributed by atoms with Crippen molar-refractivity contribution in [3.8, 4) is 0 Å². The Balaban J connectivity index is 1.55. The van der Waals surface area contributed by atoms with Gasteiger partial charge in [-0.1, -0.05) is 83.9 Å². The monoisotopic (exact) mass is 540 g/mol. The minimum atomic E-state index is -1.06. The minimum Gasteiger partial charge on any atom is -0.467 e. The fraction of sp³-hybridized carbons (Fsp3) is 0.250. The molecule has 2 amide bonds. The molecule has 0 unspecified atom stereocenters. The van der Waals surface area contributed by atoms with Crippen LogP contribution in [-0.4, -0.2) is 42.1 Å². The first-order valence-electron chi connectivity index (χ1n) is 11.7. The number of benzene rings is 3. The first kappa shape index (κ1) is 26.5. The SMILES string of the molecule is COC(=O)[C@@H](Cc1c(Cl)cccc1Cl)NC(=O)[C@@H]1Cc2ccccc2CN1C(=O)OCc1ccccc1. The molecule has 0 bridgehead atoms. The number of rotatable bonds is 7. The Kier molecular flexibility index (Phi) is 8.69. The Hall–Kier alpha value is -3.55. The second-order valence-corrected chi connectivity index (χ2v) is 9.46. The van der Waals surface area contributed by atoms with Gasteiger partial charge < -0.3 is 14.8 Å². The van der Waals surface area contributed by atoms with Crippen molar-refractivity contribution in [3.05, 3.63) is 105 Å². The van der Waals surface area contributed by atoms with Crippen LogP contribution in [0.5, 0.6) is 0 Å². The van der Waals surface area contributed by atoms with Gasteiger partial charge in [0.2, 0.25) is 5.91 Å². The number of carbonyl (C=O) groups excluding carboxylic acids is 3. The fourth-order valence-electron chi connectivity index (χ4n) is 4.29. The Morgan fingerprint density at radius 1 is 0.946 bits per heavy atom. The first-order chi connectivity index (χ1) is 17.9. The maximum Gasteiger partial charge on any atom is 0.411 e. The van der Waals surface area contributed by atoms with E-state index in [1.54, 1.807) is 18.2 Å². The van der Waals surface area contributed by atoms with E-state index in [1.165, 1.54) is 12.0 Å². The zero-order valence-corrected chi connectivity index (χ0v) is 21.7. The quantitative estimate of drug-likeness (QED) is 0.428. The highest BCUT2D eigenvalue weighted by Crippen LogP contribution is 2.27. The molecule has 192 valence electrons. The van der Waals surface area contributed by atoms with Gasteiger partial charge in [0.1, 0.15) is 18.7 Å². The van der Waals surface area contributed by atoms with Crippen LogP contribution in [0.1, 0.15) is 22.3 Å². The number of nitrogens with one attached hydrogen (secondary N) is 1. The van der Waals surface area contributed by atoms with Crippen LogP contribution >= 0.6 is 23.2 Å². The molecular formula is C28H26Cl2N2O5. The summed E-state index contributed by atoms with van der Waals surface area (Å²) >= 11 is 12.6. The smallest absolute Gasteiger partial charge is 0.411 e. The van der Waals surface area contributed by atoms with Crippen LogP contribution in [0.3, 0.4) is 0 Å². The van der Waals surface area contributed by atoms with E-state index in [-0.39, 0.29) is 26.0 Å². The first-order valence-corrected chi connectivity index (χ1v) is 12.5. The molecule has 9 heteroatoms. The normalized spacial score (nSPS) is 15.3. The van der Waals surface area contributed by atoms with Crippen molar-refractivity contribution >= 4 is 41.2 Å². The Bertz CT molecular complexity index is 1260. The molecule has 0 saturated heterocycles. The second kappa shape index (κ2) is 12.1. The topological polar surface area (TPSA) is 84.9 Å². The zero-order chi connectivity index (χ0) is 26.4. The molecule has 0 spiro atoms. The fourth-order valence-corrected chi connectivity index (χ4v) is 4.84. The summed E-state index contributed by atoms with van der Waals surface area (Å²) in [5, 5.41) is 3.49. The summed E-state index contributed by atoms with van der Waals surface area (Å²) < 4.78 is 10.5. The molecule has 1 heterocycles. The molecule has 0 radical (unpaired) electrons. The molecule has 7 nitrogen and oxygen atoms in total. The predicted octanol–water partition coefficient (Wildman–Crippen LogP) is 4.96. The number of carbonyl (C=O) groups is 3. The molecule has 1 aliphatic heterocycles. The van der Waals surface area contributed by atoms with Crippen molar-refractivity contribution in [2.75, 3.05) is 7.11 Å². The number of methoxy groups -OCH3 is 1. The largest absolute Gasteiger partial charge is 0.467 e. The van der Waals surface area contributed by atoms with Gasteiger partial charge in [-0.25, -0.2) is 9.59 Å². The van der Waals surface area contributed by atoms with Crippen molar-refractivity contribution in [2.45, 2.75) is 38.1 Å². The van der Waals surface area contributed by atoms with Crippen LogP contribution in [0.2, 0.25) is 10.0 Å². The summed E-state index contributed by atoms with van der Waals surface area (Å²) in [6, 6.07) is 19.9. The number of nitrogens with zero attached hydrogens (tertiary/aromatic N) is 1. The molecule has 0 saturated carbocycles. The highest BCUT2D eigenvalue weighted by atomic mass is 35.5. The Morgan fingerprint density at radius 3 is 2.27 bits per heavy atom. The van der Waals surface area contributed by atoms with Crippen molar-refractivity contribution in [2.24, 2.45) is 0 Å². The average molecular weight is 541 g/mol. The van der Waals surface area contributed by atoms with Gasteiger partial charge in [0.05, 0.1) is 13.7 Å². The van der Waals surface area contributed by atoms with Crippen LogP contribution in [0, 0.1) is 0 Å². The summed E-state index contributed by atoms with van der Waals surface area (Å²) in [6.07, 6.45) is -0.329. The van der Waals surface area contributed by atoms with Gasteiger partial charge in [0.15, 0.2) is 0 Å². The molecule has 37 heavy (non-hydrogen) atoms. The Morgan fingerprint density at radius 2 is 1.59 bits per heavy atom. The summed E-state index contributed by atoms with van der Waals surface area (Å²) in [4.78, 5) is 40.7. The van der Waals surface area contributed by atoms with Gasteiger partial charge in [-0.2, -0.15) is 0 Å². The third-order valence-corrected chi connectivity index (χ3v) is 6.97. The van der Waals surface area contributed by atoms with E-state index in [1.807, 2.05) is 54.6 Å². The average Bonchev–Trinajstić information content (AvgIpc) is 2.92. The number of amides is 2. The number of ether oxygens (including phenoxy) is 2. The standard InChI is InChI=1S/C28H26Cl2N2O5/c1-36-27(34)24(15-21-22(29)12-7-13-23(21)30)31-26(33)25-14-19-10-5-6-11-20(19)16-32(25)28(35)37-17-18-8-3-2-4-9-18/h2-13,24-25H,14-17H2,1H3,(H,31,33)/t24-,25+/m1/s1. The number of fused-ring (bicyclic) bond motifs is 1. The second-order valence-electron chi connectivity index (χ2n) is 8.65. The lowest BCUT2D eigenvalue weighted by atomic mass is 9.93. The van der Waals surface area contributed by atoms with Crippen molar-refractivity contribution < 1.29 is 23.9 Å². The van der Waals surface area contributed by atoms with E-state index >= 15 is 0 Å². The Labute approximate surface area is 225 Å². The van der Waals surface area contributed by atoms with Crippen molar-refractivity contribution in [1.29, 1.82) is 0 Å². The van der Waals surface area contributed by atoms with Crippen LogP contribution < -0.4 is 5.32 Å². The molecule has 1 N–H and O–H groups in total. The van der Waals surface area contributed by atoms with Crippen LogP contribution in [-0.2, 0) is 45.1 Å². The maximum atomic E-state index is 13.6. The van der Waals surface area contributed by atoms with Gasteiger partial charge in [-0.3, -0.25) is 9.69 Å². The number of hydrogen-bond donors (Lipinski definition) is 1. The number of esters is 1. The summed E-state index contributed by atoms with van der Waals surface area (Å²) in [5.74, 6) is -1.16. The van der Waals surface area contributed by atoms with Gasteiger partial charge in [-0.05, 0) is 34.4 Å². The van der Waals surface area contributed by atoms with E-state index < -0.39 is 30.1 Å². The lowest BCUT2D eigenvalue weighted by Crippen LogP contribution is -2.56. The highest BCUT2D eigenvalue weighted by Gasteiger charge is 2.37. The lowest BCUT2D eigenvalue weighted by molar-refractivity contribution is -0.145. The molecule has 0 fully saturated rings. The van der Waals surface area contributed by atoms with Crippen LogP contribution in [0.25, 0.3) is 0 Å². The molecule has 1 aliphatic rings. The summed E-state index contributed by atoms with van der Waals surface area (Å²) in [5.41, 5.74) is 3.21. The molecule has 0 aliphatic carbocycles. The zero-order valence-electron chi connectivity index (χ0n) is 20.2. The third kappa shape index (κ3) is 6.42. The minimum absolute atomic E-state index is 0.0265. The van der Waals surface area contributed by atoms with Gasteiger partial charge >= 0.3 is 12.1 Å². The van der Waals surface area contributed by atoms with Gasteiger partial charge in [0, 0.05) is 22.9 Å². The van der Waals surface area contributed by atoms with Crippen LogP contribution in [0.15, 0.2) is 72.8 Å². The molecule has 2 atom stereocenters. The summed E-state index contributed by atoms with van der Waals surface area (Å²) in [7, 11) is 1.24. The maximum absolute atomic E-state index is 13.6. The third-order valence-electron chi connectivity index (χ3n) is 6.26. The van der Waals surface area contributed by atoms with E-state index in [4.69, 9.17) is 32.7 Å². The molecular weight excluding hydrogens is 515 g/mol. The number of hydrogen-bond acceptors (Lipinski definition) is 5. The van der Waals surface area contributed by atoms with E-state index in [0.29, 0.717) is 15.6 Å². The van der Waals surface area contributed by atoms with Crippen molar-refractivity contribution in [3.63, 3.8) is 0 Å². The van der Waals surface area contributed by atoms with Gasteiger partial charge in [0.25, 0.3) is 0 Å². The lowest BCUT2D eigenvalue weighted by Gasteiger charge is -2.35. The predicted molar refractivity (Wildman–Crippen MR) is 140 cm³/mol.